The van der Waals surface area contributed by atoms with Gasteiger partial charge in [-0.25, -0.2) is 4.98 Å². The van der Waals surface area contributed by atoms with Crippen molar-refractivity contribution < 1.29 is 0 Å². The number of halogens is 2. The maximum absolute atomic E-state index is 13.2. The molecule has 1 heterocycles. The van der Waals surface area contributed by atoms with E-state index in [1.54, 1.807) is 28.8 Å². The highest BCUT2D eigenvalue weighted by atomic mass is 35.5. The summed E-state index contributed by atoms with van der Waals surface area (Å²) < 4.78 is 1.58. The number of fused-ring (bicyclic) bond motifs is 1. The van der Waals surface area contributed by atoms with Crippen molar-refractivity contribution in [2.24, 2.45) is 0 Å². The Morgan fingerprint density at radius 3 is 2.32 bits per heavy atom. The average molecular weight is 367 g/mol. The minimum Gasteiger partial charge on any atom is -0.268 e. The molecule has 0 radical (unpaired) electrons. The molecule has 25 heavy (non-hydrogen) atoms. The van der Waals surface area contributed by atoms with E-state index in [0.717, 1.165) is 5.69 Å². The lowest BCUT2D eigenvalue weighted by molar-refractivity contribution is 0.976. The monoisotopic (exact) mass is 366 g/mol. The van der Waals surface area contributed by atoms with Gasteiger partial charge >= 0.3 is 0 Å². The van der Waals surface area contributed by atoms with Gasteiger partial charge in [-0.3, -0.25) is 9.36 Å². The van der Waals surface area contributed by atoms with Gasteiger partial charge in [-0.15, -0.1) is 0 Å². The normalized spacial score (nSPS) is 11.0. The van der Waals surface area contributed by atoms with Crippen molar-refractivity contribution in [3.8, 4) is 17.1 Å². The van der Waals surface area contributed by atoms with Gasteiger partial charge < -0.3 is 0 Å². The van der Waals surface area contributed by atoms with Crippen LogP contribution in [0.1, 0.15) is 0 Å². The van der Waals surface area contributed by atoms with Crippen molar-refractivity contribution in [3.63, 3.8) is 0 Å². The summed E-state index contributed by atoms with van der Waals surface area (Å²) in [7, 11) is 0. The maximum atomic E-state index is 13.2. The molecule has 4 rings (SSSR count). The minimum atomic E-state index is -0.141. The van der Waals surface area contributed by atoms with E-state index in [1.165, 1.54) is 0 Å². The van der Waals surface area contributed by atoms with E-state index in [1.807, 2.05) is 48.5 Å². The zero-order valence-corrected chi connectivity index (χ0v) is 14.5. The summed E-state index contributed by atoms with van der Waals surface area (Å²) in [4.78, 5) is 17.9. The van der Waals surface area contributed by atoms with E-state index in [2.05, 4.69) is 0 Å². The molecule has 0 N–H and O–H groups in total. The van der Waals surface area contributed by atoms with Gasteiger partial charge in [0.2, 0.25) is 0 Å². The third-order valence-electron chi connectivity index (χ3n) is 3.96. The molecule has 4 aromatic rings. The largest absolute Gasteiger partial charge is 0.268 e. The van der Waals surface area contributed by atoms with E-state index in [0.29, 0.717) is 32.3 Å². The highest BCUT2D eigenvalue weighted by Crippen LogP contribution is 2.30. The second-order valence-electron chi connectivity index (χ2n) is 5.55. The van der Waals surface area contributed by atoms with Crippen LogP contribution >= 0.6 is 23.2 Å². The standard InChI is InChI=1S/C20H12Cl2N2O/c21-13-10-11-15(17(22)12-13)19-23-18-9-5-4-8-16(18)20(25)24(19)14-6-2-1-3-7-14/h1-12H. The van der Waals surface area contributed by atoms with Crippen molar-refractivity contribution in [3.05, 3.63) is 93.2 Å². The van der Waals surface area contributed by atoms with Gasteiger partial charge in [-0.1, -0.05) is 53.5 Å². The first-order valence-corrected chi connectivity index (χ1v) is 8.43. The van der Waals surface area contributed by atoms with E-state index in [9.17, 15) is 4.79 Å². The van der Waals surface area contributed by atoms with Crippen molar-refractivity contribution in [1.82, 2.24) is 9.55 Å². The van der Waals surface area contributed by atoms with Gasteiger partial charge in [0.1, 0.15) is 5.82 Å². The zero-order chi connectivity index (χ0) is 17.4. The average Bonchev–Trinajstić information content (AvgIpc) is 2.62. The second kappa shape index (κ2) is 6.36. The summed E-state index contributed by atoms with van der Waals surface area (Å²) in [6.45, 7) is 0. The second-order valence-corrected chi connectivity index (χ2v) is 6.40. The Bertz CT molecular complexity index is 1140. The van der Waals surface area contributed by atoms with Gasteiger partial charge in [0, 0.05) is 10.6 Å². The molecule has 0 unspecified atom stereocenters. The molecule has 0 saturated carbocycles. The minimum absolute atomic E-state index is 0.141. The molecule has 0 saturated heterocycles. The van der Waals surface area contributed by atoms with Crippen LogP contribution in [0.2, 0.25) is 10.0 Å². The van der Waals surface area contributed by atoms with Gasteiger partial charge in [-0.05, 0) is 42.5 Å². The van der Waals surface area contributed by atoms with Crippen LogP contribution in [-0.2, 0) is 0 Å². The van der Waals surface area contributed by atoms with Crippen molar-refractivity contribution >= 4 is 34.1 Å². The van der Waals surface area contributed by atoms with Crippen LogP contribution < -0.4 is 5.56 Å². The lowest BCUT2D eigenvalue weighted by Gasteiger charge is -2.15. The highest BCUT2D eigenvalue weighted by Gasteiger charge is 2.16. The van der Waals surface area contributed by atoms with Gasteiger partial charge in [-0.2, -0.15) is 0 Å². The predicted octanol–water partition coefficient (Wildman–Crippen LogP) is 5.36. The van der Waals surface area contributed by atoms with E-state index < -0.39 is 0 Å². The molecule has 0 aliphatic carbocycles. The lowest BCUT2D eigenvalue weighted by Crippen LogP contribution is -2.22. The van der Waals surface area contributed by atoms with Crippen LogP contribution in [-0.4, -0.2) is 9.55 Å². The molecular formula is C20H12Cl2N2O. The molecule has 3 aromatic carbocycles. The summed E-state index contributed by atoms with van der Waals surface area (Å²) in [6.07, 6.45) is 0. The molecule has 0 spiro atoms. The van der Waals surface area contributed by atoms with Crippen LogP contribution in [0.3, 0.4) is 0 Å². The fourth-order valence-electron chi connectivity index (χ4n) is 2.80. The molecule has 0 amide bonds. The molecule has 3 nitrogen and oxygen atoms in total. The number of nitrogens with zero attached hydrogens (tertiary/aromatic N) is 2. The Balaban J connectivity index is 2.14. The Kier molecular flexibility index (Phi) is 4.04. The number of hydrogen-bond donors (Lipinski definition) is 0. The molecule has 5 heteroatoms. The smallest absolute Gasteiger partial charge is 0.266 e. The number of benzene rings is 3. The van der Waals surface area contributed by atoms with Gasteiger partial charge in [0.25, 0.3) is 5.56 Å². The van der Waals surface area contributed by atoms with Crippen LogP contribution in [0.25, 0.3) is 28.0 Å². The third kappa shape index (κ3) is 2.82. The molecule has 0 aliphatic heterocycles. The number of aromatic nitrogens is 2. The zero-order valence-electron chi connectivity index (χ0n) is 13.0. The SMILES string of the molecule is O=c1c2ccccc2nc(-c2ccc(Cl)cc2Cl)n1-c1ccccc1. The van der Waals surface area contributed by atoms with Gasteiger partial charge in [0.15, 0.2) is 0 Å². The fourth-order valence-corrected chi connectivity index (χ4v) is 3.29. The first-order chi connectivity index (χ1) is 12.1. The first kappa shape index (κ1) is 15.9. The molecule has 122 valence electrons. The summed E-state index contributed by atoms with van der Waals surface area (Å²) in [6, 6.07) is 21.8. The summed E-state index contributed by atoms with van der Waals surface area (Å²) >= 11 is 12.4. The third-order valence-corrected chi connectivity index (χ3v) is 4.51. The van der Waals surface area contributed by atoms with E-state index in [-0.39, 0.29) is 5.56 Å². The predicted molar refractivity (Wildman–Crippen MR) is 103 cm³/mol. The number of rotatable bonds is 2. The summed E-state index contributed by atoms with van der Waals surface area (Å²) in [5.41, 5.74) is 1.86. The topological polar surface area (TPSA) is 34.9 Å². The van der Waals surface area contributed by atoms with Crippen molar-refractivity contribution in [2.45, 2.75) is 0 Å². The van der Waals surface area contributed by atoms with Crippen LogP contribution in [0.15, 0.2) is 77.6 Å². The Morgan fingerprint density at radius 1 is 0.840 bits per heavy atom. The van der Waals surface area contributed by atoms with E-state index in [4.69, 9.17) is 28.2 Å². The fraction of sp³-hybridized carbons (Fsp3) is 0. The Hall–Kier alpha value is -2.62. The van der Waals surface area contributed by atoms with Crippen LogP contribution in [0.5, 0.6) is 0 Å². The summed E-state index contributed by atoms with van der Waals surface area (Å²) in [5.74, 6) is 0.483. The summed E-state index contributed by atoms with van der Waals surface area (Å²) in [5, 5.41) is 1.53. The highest BCUT2D eigenvalue weighted by molar-refractivity contribution is 6.36. The maximum Gasteiger partial charge on any atom is 0.266 e. The molecule has 0 fully saturated rings. The Morgan fingerprint density at radius 2 is 1.56 bits per heavy atom. The number of hydrogen-bond acceptors (Lipinski definition) is 2. The first-order valence-electron chi connectivity index (χ1n) is 7.68. The molecule has 0 aliphatic rings. The van der Waals surface area contributed by atoms with Crippen molar-refractivity contribution in [1.29, 1.82) is 0 Å². The van der Waals surface area contributed by atoms with Crippen molar-refractivity contribution in [2.75, 3.05) is 0 Å². The lowest BCUT2D eigenvalue weighted by atomic mass is 10.1. The number of para-hydroxylation sites is 2. The molecular weight excluding hydrogens is 355 g/mol. The quantitative estimate of drug-likeness (QED) is 0.478. The van der Waals surface area contributed by atoms with Gasteiger partial charge in [0.05, 0.1) is 21.6 Å². The van der Waals surface area contributed by atoms with Crippen LogP contribution in [0, 0.1) is 0 Å². The Labute approximate surface area is 154 Å². The molecule has 0 bridgehead atoms. The molecule has 1 aromatic heterocycles. The van der Waals surface area contributed by atoms with Crippen LogP contribution in [0.4, 0.5) is 0 Å². The molecule has 0 atom stereocenters. The van der Waals surface area contributed by atoms with E-state index >= 15 is 0 Å².